The lowest BCUT2D eigenvalue weighted by atomic mass is 10.1. The molecule has 0 amide bonds. The molecule has 0 unspecified atom stereocenters. The minimum absolute atomic E-state index is 0.136. The third-order valence-electron chi connectivity index (χ3n) is 2.50. The molecule has 0 spiro atoms. The van der Waals surface area contributed by atoms with Crippen molar-refractivity contribution in [3.63, 3.8) is 0 Å². The van der Waals surface area contributed by atoms with E-state index in [4.69, 9.17) is 22.7 Å². The van der Waals surface area contributed by atoms with E-state index in [0.29, 0.717) is 16.3 Å². The molecular weight excluding hydrogens is 283 g/mol. The summed E-state index contributed by atoms with van der Waals surface area (Å²) in [4.78, 5) is 0.942. The molecule has 2 aromatic rings. The van der Waals surface area contributed by atoms with Crippen LogP contribution in [-0.2, 0) is 5.75 Å². The van der Waals surface area contributed by atoms with Crippen LogP contribution in [0.25, 0.3) is 0 Å². The van der Waals surface area contributed by atoms with Crippen molar-refractivity contribution < 1.29 is 4.39 Å². The Kier molecular flexibility index (Phi) is 4.45. The third kappa shape index (κ3) is 3.72. The fraction of sp³-hybridized carbons (Fsp3) is 0.0714. The Morgan fingerprint density at radius 3 is 2.68 bits per heavy atom. The number of hydrogen-bond donors (Lipinski definition) is 2. The van der Waals surface area contributed by atoms with Gasteiger partial charge in [-0.05, 0) is 35.9 Å². The summed E-state index contributed by atoms with van der Waals surface area (Å²) in [7, 11) is 0. The van der Waals surface area contributed by atoms with Crippen molar-refractivity contribution in [2.45, 2.75) is 10.6 Å². The number of hydrogen-bond acceptors (Lipinski definition) is 2. The van der Waals surface area contributed by atoms with Gasteiger partial charge in [-0.1, -0.05) is 23.7 Å². The molecule has 0 aliphatic rings. The predicted molar refractivity (Wildman–Crippen MR) is 78.4 cm³/mol. The van der Waals surface area contributed by atoms with Crippen LogP contribution in [0.2, 0.25) is 5.02 Å². The van der Waals surface area contributed by atoms with Gasteiger partial charge in [0.2, 0.25) is 0 Å². The maximum Gasteiger partial charge on any atom is 0.124 e. The van der Waals surface area contributed by atoms with Crippen LogP contribution >= 0.6 is 23.4 Å². The maximum absolute atomic E-state index is 13.4. The molecule has 2 nitrogen and oxygen atoms in total. The Morgan fingerprint density at radius 1 is 1.26 bits per heavy atom. The van der Waals surface area contributed by atoms with Crippen molar-refractivity contribution in [3.8, 4) is 0 Å². The smallest absolute Gasteiger partial charge is 0.124 e. The van der Waals surface area contributed by atoms with E-state index < -0.39 is 0 Å². The van der Waals surface area contributed by atoms with Crippen LogP contribution in [0.1, 0.15) is 11.1 Å². The Bertz CT molecular complexity index is 616. The highest BCUT2D eigenvalue weighted by atomic mass is 35.5. The number of halogens is 2. The van der Waals surface area contributed by atoms with Crippen molar-refractivity contribution in [2.24, 2.45) is 5.73 Å². The summed E-state index contributed by atoms with van der Waals surface area (Å²) in [5.41, 5.74) is 6.54. The van der Waals surface area contributed by atoms with Crippen LogP contribution in [-0.4, -0.2) is 5.84 Å². The van der Waals surface area contributed by atoms with E-state index in [-0.39, 0.29) is 11.7 Å². The zero-order valence-corrected chi connectivity index (χ0v) is 11.6. The monoisotopic (exact) mass is 294 g/mol. The average Bonchev–Trinajstić information content (AvgIpc) is 2.37. The number of nitrogen functional groups attached to an aromatic ring is 1. The summed E-state index contributed by atoms with van der Waals surface area (Å²) in [5, 5.41) is 8.02. The zero-order valence-electron chi connectivity index (χ0n) is 9.99. The van der Waals surface area contributed by atoms with Crippen molar-refractivity contribution >= 4 is 29.2 Å². The van der Waals surface area contributed by atoms with E-state index in [0.717, 1.165) is 10.5 Å². The van der Waals surface area contributed by atoms with Crippen LogP contribution < -0.4 is 5.73 Å². The Labute approximate surface area is 120 Å². The predicted octanol–water partition coefficient (Wildman–Crippen LogP) is 4.06. The first kappa shape index (κ1) is 13.9. The largest absolute Gasteiger partial charge is 0.384 e. The molecule has 3 N–H and O–H groups in total. The van der Waals surface area contributed by atoms with Crippen LogP contribution in [0.3, 0.4) is 0 Å². The van der Waals surface area contributed by atoms with Crippen LogP contribution in [0.15, 0.2) is 47.4 Å². The maximum atomic E-state index is 13.4. The molecule has 0 aromatic heterocycles. The first-order valence-corrected chi connectivity index (χ1v) is 6.94. The molecule has 0 radical (unpaired) electrons. The highest BCUT2D eigenvalue weighted by Crippen LogP contribution is 2.29. The molecule has 0 saturated heterocycles. The van der Waals surface area contributed by atoms with Crippen LogP contribution in [0.4, 0.5) is 4.39 Å². The van der Waals surface area contributed by atoms with Gasteiger partial charge >= 0.3 is 0 Å². The summed E-state index contributed by atoms with van der Waals surface area (Å²) in [5.74, 6) is 0.0489. The van der Waals surface area contributed by atoms with Gasteiger partial charge in [0.1, 0.15) is 11.7 Å². The molecule has 0 atom stereocenters. The highest BCUT2D eigenvalue weighted by molar-refractivity contribution is 7.98. The van der Waals surface area contributed by atoms with E-state index >= 15 is 0 Å². The topological polar surface area (TPSA) is 49.9 Å². The number of nitrogens with two attached hydrogens (primary N) is 1. The van der Waals surface area contributed by atoms with Crippen molar-refractivity contribution in [3.05, 3.63) is 64.4 Å². The lowest BCUT2D eigenvalue weighted by Crippen LogP contribution is -2.11. The minimum Gasteiger partial charge on any atom is -0.384 e. The van der Waals surface area contributed by atoms with Crippen LogP contribution in [0, 0.1) is 11.2 Å². The lowest BCUT2D eigenvalue weighted by molar-refractivity contribution is 0.626. The third-order valence-corrected chi connectivity index (χ3v) is 4.09. The molecule has 2 rings (SSSR count). The zero-order chi connectivity index (χ0) is 13.8. The molecule has 0 fully saturated rings. The van der Waals surface area contributed by atoms with E-state index in [1.54, 1.807) is 6.07 Å². The molecule has 0 aliphatic heterocycles. The molecule has 0 heterocycles. The van der Waals surface area contributed by atoms with E-state index in [9.17, 15) is 4.39 Å². The summed E-state index contributed by atoms with van der Waals surface area (Å²) in [6.45, 7) is 0. The van der Waals surface area contributed by atoms with Gasteiger partial charge in [0.25, 0.3) is 0 Å². The fourth-order valence-electron chi connectivity index (χ4n) is 1.61. The average molecular weight is 295 g/mol. The van der Waals surface area contributed by atoms with Crippen molar-refractivity contribution in [1.29, 1.82) is 5.41 Å². The van der Waals surface area contributed by atoms with Crippen molar-refractivity contribution in [1.82, 2.24) is 0 Å². The quantitative estimate of drug-likeness (QED) is 0.507. The van der Waals surface area contributed by atoms with Gasteiger partial charge in [-0.15, -0.1) is 11.8 Å². The highest BCUT2D eigenvalue weighted by Gasteiger charge is 2.05. The van der Waals surface area contributed by atoms with Crippen molar-refractivity contribution in [2.75, 3.05) is 0 Å². The van der Waals surface area contributed by atoms with E-state index in [1.807, 2.05) is 24.3 Å². The second-order valence-corrected chi connectivity index (χ2v) is 5.41. The molecule has 0 saturated carbocycles. The van der Waals surface area contributed by atoms with Crippen LogP contribution in [0.5, 0.6) is 0 Å². The molecule has 0 bridgehead atoms. The standard InChI is InChI=1S/C14H12ClFN2S/c15-12-3-1-2-4-13(12)19-8-9-5-10(14(17)18)7-11(16)6-9/h1-7H,8H2,(H3,17,18). The molecule has 98 valence electrons. The first-order chi connectivity index (χ1) is 9.06. The van der Waals surface area contributed by atoms with E-state index in [2.05, 4.69) is 0 Å². The van der Waals surface area contributed by atoms with Gasteiger partial charge < -0.3 is 5.73 Å². The van der Waals surface area contributed by atoms with Gasteiger partial charge in [-0.3, -0.25) is 5.41 Å². The normalized spacial score (nSPS) is 10.4. The summed E-state index contributed by atoms with van der Waals surface area (Å²) >= 11 is 7.57. The second kappa shape index (κ2) is 6.08. The summed E-state index contributed by atoms with van der Waals surface area (Å²) in [6.07, 6.45) is 0. The number of thioether (sulfide) groups is 1. The SMILES string of the molecule is N=C(N)c1cc(F)cc(CSc2ccccc2Cl)c1. The second-order valence-electron chi connectivity index (χ2n) is 3.98. The van der Waals surface area contributed by atoms with Gasteiger partial charge in [0.05, 0.1) is 5.02 Å². The van der Waals surface area contributed by atoms with Gasteiger partial charge in [-0.2, -0.15) is 0 Å². The lowest BCUT2D eigenvalue weighted by Gasteiger charge is -2.06. The van der Waals surface area contributed by atoms with Gasteiger partial charge in [0, 0.05) is 16.2 Å². The Balaban J connectivity index is 2.16. The number of rotatable bonds is 4. The van der Waals surface area contributed by atoms with Gasteiger partial charge in [-0.25, -0.2) is 4.39 Å². The first-order valence-electron chi connectivity index (χ1n) is 5.57. The van der Waals surface area contributed by atoms with Gasteiger partial charge in [0.15, 0.2) is 0 Å². The molecule has 19 heavy (non-hydrogen) atoms. The molecule has 5 heteroatoms. The summed E-state index contributed by atoms with van der Waals surface area (Å²) < 4.78 is 13.4. The molecule has 2 aromatic carbocycles. The molecule has 0 aliphatic carbocycles. The molecular formula is C14H12ClFN2S. The Morgan fingerprint density at radius 2 is 2.00 bits per heavy atom. The summed E-state index contributed by atoms with van der Waals surface area (Å²) in [6, 6.07) is 11.9. The number of nitrogens with one attached hydrogen (secondary N) is 1. The minimum atomic E-state index is -0.387. The van der Waals surface area contributed by atoms with E-state index in [1.165, 1.54) is 23.9 Å². The Hall–Kier alpha value is -1.52. The number of benzene rings is 2. The number of amidine groups is 1. The fourth-order valence-corrected chi connectivity index (χ4v) is 2.78.